The van der Waals surface area contributed by atoms with Gasteiger partial charge < -0.3 is 49.1 Å². The van der Waals surface area contributed by atoms with Crippen LogP contribution in [0.15, 0.2) is 4.99 Å². The van der Waals surface area contributed by atoms with Gasteiger partial charge in [0, 0.05) is 19.4 Å². The Morgan fingerprint density at radius 2 is 1.47 bits per heavy atom. The maximum Gasteiger partial charge on any atom is 0.326 e. The molecule has 3 atom stereocenters. The van der Waals surface area contributed by atoms with Crippen molar-refractivity contribution in [3.05, 3.63) is 0 Å². The molecule has 0 radical (unpaired) electrons. The molecule has 0 aliphatic heterocycles. The number of guanidine groups is 1. The number of carbonyl (C=O) groups excluding carboxylic acids is 4. The molecule has 0 aromatic heterocycles. The number of carbonyl (C=O) groups is 6. The summed E-state index contributed by atoms with van der Waals surface area (Å²) in [7, 11) is 0. The number of aliphatic imine (C=N–C) groups is 1. The number of nitrogens with two attached hydrogens (primary N) is 4. The highest BCUT2D eigenvalue weighted by Gasteiger charge is 2.27. The van der Waals surface area contributed by atoms with Gasteiger partial charge in [-0.3, -0.25) is 29.0 Å². The fraction of sp³-hybridized carbons (Fsp3) is 0.611. The van der Waals surface area contributed by atoms with Crippen molar-refractivity contribution in [2.75, 3.05) is 13.1 Å². The number of nitrogens with one attached hydrogen (secondary N) is 3. The maximum atomic E-state index is 12.6. The average Bonchev–Trinajstić information content (AvgIpc) is 2.74. The molecule has 0 aliphatic carbocycles. The largest absolute Gasteiger partial charge is 0.481 e. The lowest BCUT2D eigenvalue weighted by molar-refractivity contribution is -0.142. The van der Waals surface area contributed by atoms with E-state index >= 15 is 0 Å². The van der Waals surface area contributed by atoms with E-state index < -0.39 is 60.2 Å². The lowest BCUT2D eigenvalue weighted by Crippen LogP contribution is -2.54. The predicted molar refractivity (Wildman–Crippen MR) is 118 cm³/mol. The Balaban J connectivity index is 4.97. The van der Waals surface area contributed by atoms with Gasteiger partial charge in [0.2, 0.25) is 23.6 Å². The van der Waals surface area contributed by atoms with Crippen molar-refractivity contribution in [2.45, 2.75) is 56.7 Å². The predicted octanol–water partition coefficient (Wildman–Crippen LogP) is -4.33. The minimum absolute atomic E-state index is 0.0153. The first-order valence-corrected chi connectivity index (χ1v) is 10.2. The number of hydrogen-bond acceptors (Lipinski definition) is 8. The lowest BCUT2D eigenvalue weighted by Gasteiger charge is -2.21. The lowest BCUT2D eigenvalue weighted by atomic mass is 10.1. The number of carboxylic acids is 2. The molecule has 0 aliphatic rings. The molecule has 16 heteroatoms. The second-order valence-corrected chi connectivity index (χ2v) is 7.23. The van der Waals surface area contributed by atoms with Gasteiger partial charge in [0.25, 0.3) is 0 Å². The van der Waals surface area contributed by atoms with Gasteiger partial charge in [-0.05, 0) is 25.7 Å². The van der Waals surface area contributed by atoms with E-state index in [1.54, 1.807) is 0 Å². The Morgan fingerprint density at radius 3 is 2.00 bits per heavy atom. The van der Waals surface area contributed by atoms with Gasteiger partial charge in [0.15, 0.2) is 5.96 Å². The van der Waals surface area contributed by atoms with Crippen LogP contribution in [0.25, 0.3) is 0 Å². The molecule has 0 spiro atoms. The summed E-state index contributed by atoms with van der Waals surface area (Å²) >= 11 is 0. The minimum atomic E-state index is -1.33. The van der Waals surface area contributed by atoms with Crippen LogP contribution in [0, 0.1) is 0 Å². The van der Waals surface area contributed by atoms with Crippen LogP contribution in [-0.2, 0) is 28.8 Å². The zero-order chi connectivity index (χ0) is 26.3. The summed E-state index contributed by atoms with van der Waals surface area (Å²) in [5.74, 6) is -5.88. The summed E-state index contributed by atoms with van der Waals surface area (Å²) < 4.78 is 0. The third-order valence-electron chi connectivity index (χ3n) is 4.32. The molecule has 0 bridgehead atoms. The highest BCUT2D eigenvalue weighted by Crippen LogP contribution is 2.03. The molecule has 34 heavy (non-hydrogen) atoms. The SMILES string of the molecule is NC(=O)CCC(NC(=O)CNC(=O)C(N)CCC(=O)O)C(=O)NC(CCCN=C(N)N)C(=O)O. The number of rotatable bonds is 17. The highest BCUT2D eigenvalue weighted by molar-refractivity contribution is 5.92. The highest BCUT2D eigenvalue weighted by atomic mass is 16.4. The van der Waals surface area contributed by atoms with E-state index in [9.17, 15) is 33.9 Å². The molecule has 0 saturated heterocycles. The summed E-state index contributed by atoms with van der Waals surface area (Å²) in [4.78, 5) is 73.4. The second-order valence-electron chi connectivity index (χ2n) is 7.23. The van der Waals surface area contributed by atoms with Crippen LogP contribution in [0.2, 0.25) is 0 Å². The number of hydrogen-bond donors (Lipinski definition) is 9. The normalized spacial score (nSPS) is 13.0. The van der Waals surface area contributed by atoms with Gasteiger partial charge in [-0.2, -0.15) is 0 Å². The van der Waals surface area contributed by atoms with Gasteiger partial charge in [-0.25, -0.2) is 4.79 Å². The van der Waals surface area contributed by atoms with E-state index in [0.29, 0.717) is 0 Å². The van der Waals surface area contributed by atoms with E-state index in [2.05, 4.69) is 20.9 Å². The molecule has 0 saturated carbocycles. The Bertz CT molecular complexity index is 784. The summed E-state index contributed by atoms with van der Waals surface area (Å²) in [6.45, 7) is -0.459. The van der Waals surface area contributed by atoms with Crippen LogP contribution in [0.5, 0.6) is 0 Å². The third kappa shape index (κ3) is 14.2. The molecule has 192 valence electrons. The first-order valence-electron chi connectivity index (χ1n) is 10.2. The van der Waals surface area contributed by atoms with E-state index in [0.717, 1.165) is 0 Å². The number of amides is 4. The first kappa shape index (κ1) is 30.1. The molecular formula is C18H32N8O8. The van der Waals surface area contributed by atoms with Gasteiger partial charge in [0.05, 0.1) is 12.6 Å². The Hall–Kier alpha value is -3.95. The first-order chi connectivity index (χ1) is 15.8. The molecule has 4 amide bonds. The molecular weight excluding hydrogens is 456 g/mol. The monoisotopic (exact) mass is 488 g/mol. The molecule has 0 heterocycles. The summed E-state index contributed by atoms with van der Waals surface area (Å²) in [5.41, 5.74) is 21.0. The van der Waals surface area contributed by atoms with Crippen LogP contribution in [0.4, 0.5) is 0 Å². The fourth-order valence-corrected chi connectivity index (χ4v) is 2.54. The standard InChI is InChI=1S/C18H32N8O8/c19-9(3-6-14(29)30)15(31)24-8-13(28)25-10(4-5-12(20)27)16(32)26-11(17(33)34)2-1-7-23-18(21)22/h9-11H,1-8,19H2,(H2,20,27)(H,24,31)(H,25,28)(H,26,32)(H,29,30)(H,33,34)(H4,21,22,23). The molecule has 13 N–H and O–H groups in total. The molecule has 0 fully saturated rings. The summed E-state index contributed by atoms with van der Waals surface area (Å²) in [6.07, 6.45) is -0.772. The zero-order valence-electron chi connectivity index (χ0n) is 18.5. The average molecular weight is 489 g/mol. The van der Waals surface area contributed by atoms with Crippen molar-refractivity contribution < 1.29 is 39.0 Å². The van der Waals surface area contributed by atoms with Crippen molar-refractivity contribution in [1.29, 1.82) is 0 Å². The van der Waals surface area contributed by atoms with Crippen LogP contribution in [0.3, 0.4) is 0 Å². The van der Waals surface area contributed by atoms with Crippen LogP contribution in [-0.4, -0.2) is 83.0 Å². The minimum Gasteiger partial charge on any atom is -0.481 e. The third-order valence-corrected chi connectivity index (χ3v) is 4.32. The van der Waals surface area contributed by atoms with Crippen molar-refractivity contribution in [3.63, 3.8) is 0 Å². The Labute approximate surface area is 194 Å². The molecule has 0 aromatic carbocycles. The van der Waals surface area contributed by atoms with E-state index in [1.165, 1.54) is 0 Å². The Kier molecular flexibility index (Phi) is 14.0. The van der Waals surface area contributed by atoms with E-state index in [-0.39, 0.29) is 51.0 Å². The molecule has 3 unspecified atom stereocenters. The van der Waals surface area contributed by atoms with Gasteiger partial charge in [-0.1, -0.05) is 0 Å². The maximum absolute atomic E-state index is 12.6. The van der Waals surface area contributed by atoms with Crippen molar-refractivity contribution >= 4 is 41.5 Å². The topological polar surface area (TPSA) is 295 Å². The van der Waals surface area contributed by atoms with Gasteiger partial charge >= 0.3 is 11.9 Å². The van der Waals surface area contributed by atoms with Gasteiger partial charge in [-0.15, -0.1) is 0 Å². The number of nitrogens with zero attached hydrogens (tertiary/aromatic N) is 1. The summed E-state index contributed by atoms with van der Waals surface area (Å²) in [5, 5.41) is 24.7. The van der Waals surface area contributed by atoms with Crippen molar-refractivity contribution in [2.24, 2.45) is 27.9 Å². The molecule has 0 aromatic rings. The van der Waals surface area contributed by atoms with Crippen LogP contribution in [0.1, 0.15) is 38.5 Å². The molecule has 16 nitrogen and oxygen atoms in total. The van der Waals surface area contributed by atoms with Crippen molar-refractivity contribution in [3.8, 4) is 0 Å². The molecule has 0 rings (SSSR count). The fourth-order valence-electron chi connectivity index (χ4n) is 2.54. The number of carboxylic acid groups (broad SMARTS) is 2. The quantitative estimate of drug-likeness (QED) is 0.0535. The van der Waals surface area contributed by atoms with Crippen LogP contribution >= 0.6 is 0 Å². The number of primary amides is 1. The van der Waals surface area contributed by atoms with Gasteiger partial charge in [0.1, 0.15) is 12.1 Å². The van der Waals surface area contributed by atoms with Crippen molar-refractivity contribution in [1.82, 2.24) is 16.0 Å². The van der Waals surface area contributed by atoms with E-state index in [4.69, 9.17) is 28.0 Å². The van der Waals surface area contributed by atoms with E-state index in [1.807, 2.05) is 0 Å². The van der Waals surface area contributed by atoms with Crippen LogP contribution < -0.4 is 38.9 Å². The summed E-state index contributed by atoms with van der Waals surface area (Å²) in [6, 6.07) is -3.80. The Morgan fingerprint density at radius 1 is 0.824 bits per heavy atom. The smallest absolute Gasteiger partial charge is 0.326 e. The zero-order valence-corrected chi connectivity index (χ0v) is 18.5. The number of aliphatic carboxylic acids is 2. The second kappa shape index (κ2) is 15.8.